The summed E-state index contributed by atoms with van der Waals surface area (Å²) in [5, 5.41) is 0. The zero-order chi connectivity index (χ0) is 8.20. The smallest absolute Gasteiger partial charge is 0.389 e. The first-order chi connectivity index (χ1) is 4.42. The fraction of sp³-hybridized carbons (Fsp3) is 1.00. The van der Waals surface area contributed by atoms with Crippen molar-refractivity contribution in [3.8, 4) is 0 Å². The Morgan fingerprint density at radius 2 is 1.90 bits per heavy atom. The van der Waals surface area contributed by atoms with Crippen LogP contribution in [0.1, 0.15) is 12.8 Å². The van der Waals surface area contributed by atoms with Crippen LogP contribution in [0.4, 0.5) is 13.2 Å². The average Bonchev–Trinajstić information content (AvgIpc) is 1.59. The minimum atomic E-state index is -4.24. The molecule has 0 aliphatic carbocycles. The zero-order valence-electron chi connectivity index (χ0n) is 4.98. The number of hydrogen-bond donors (Lipinski definition) is 0. The third kappa shape index (κ3) is 7.90. The van der Waals surface area contributed by atoms with Gasteiger partial charge in [-0.3, -0.25) is 4.21 Å². The van der Waals surface area contributed by atoms with Crippen LogP contribution >= 0.6 is 0 Å². The highest BCUT2D eigenvalue weighted by Gasteiger charge is 2.25. The standard InChI is InChI=1S/C4H7F3O2S/c5-4(6,7)2-1-3-10(8)9/h1-3H2,(H,8,9)/p-1. The maximum absolute atomic E-state index is 11.3. The van der Waals surface area contributed by atoms with Crippen molar-refractivity contribution in [3.63, 3.8) is 0 Å². The molecule has 2 nitrogen and oxygen atoms in total. The van der Waals surface area contributed by atoms with Gasteiger partial charge in [-0.25, -0.2) is 0 Å². The molecule has 0 N–H and O–H groups in total. The maximum atomic E-state index is 11.3. The van der Waals surface area contributed by atoms with Crippen molar-refractivity contribution >= 4 is 11.1 Å². The molecule has 0 spiro atoms. The Hall–Kier alpha value is -0.100. The van der Waals surface area contributed by atoms with Crippen molar-refractivity contribution in [2.45, 2.75) is 19.0 Å². The van der Waals surface area contributed by atoms with Crippen LogP contribution in [0.5, 0.6) is 0 Å². The van der Waals surface area contributed by atoms with Gasteiger partial charge in [-0.2, -0.15) is 13.2 Å². The molecule has 62 valence electrons. The molecule has 0 aliphatic heterocycles. The lowest BCUT2D eigenvalue weighted by Gasteiger charge is -2.06. The Morgan fingerprint density at radius 3 is 2.20 bits per heavy atom. The Balaban J connectivity index is 3.29. The largest absolute Gasteiger partial charge is 0.772 e. The van der Waals surface area contributed by atoms with Crippen LogP contribution in [0.25, 0.3) is 0 Å². The quantitative estimate of drug-likeness (QED) is 0.605. The maximum Gasteiger partial charge on any atom is 0.389 e. The molecule has 0 amide bonds. The van der Waals surface area contributed by atoms with E-state index in [4.69, 9.17) is 0 Å². The third-order valence-electron chi connectivity index (χ3n) is 0.771. The summed E-state index contributed by atoms with van der Waals surface area (Å²) < 4.78 is 53.4. The normalized spacial score (nSPS) is 15.2. The first kappa shape index (κ1) is 9.90. The Morgan fingerprint density at radius 1 is 1.40 bits per heavy atom. The lowest BCUT2D eigenvalue weighted by molar-refractivity contribution is -0.134. The number of halogens is 3. The van der Waals surface area contributed by atoms with Crippen molar-refractivity contribution in [2.24, 2.45) is 0 Å². The van der Waals surface area contributed by atoms with E-state index < -0.39 is 29.4 Å². The summed E-state index contributed by atoms with van der Waals surface area (Å²) in [4.78, 5) is 0. The molecule has 0 saturated carbocycles. The van der Waals surface area contributed by atoms with Gasteiger partial charge in [0.25, 0.3) is 0 Å². The summed E-state index contributed by atoms with van der Waals surface area (Å²) in [5.74, 6) is -0.417. The Kier molecular flexibility index (Phi) is 3.88. The van der Waals surface area contributed by atoms with E-state index in [0.29, 0.717) is 0 Å². The molecule has 0 fully saturated rings. The van der Waals surface area contributed by atoms with Crippen LogP contribution in [-0.4, -0.2) is 20.7 Å². The second kappa shape index (κ2) is 3.92. The van der Waals surface area contributed by atoms with Crippen molar-refractivity contribution in [1.29, 1.82) is 0 Å². The van der Waals surface area contributed by atoms with E-state index in [0.717, 1.165) is 0 Å². The van der Waals surface area contributed by atoms with E-state index in [9.17, 15) is 21.9 Å². The lowest BCUT2D eigenvalue weighted by atomic mass is 10.3. The number of rotatable bonds is 3. The molecule has 0 bridgehead atoms. The molecule has 0 aliphatic rings. The van der Waals surface area contributed by atoms with Crippen molar-refractivity contribution < 1.29 is 21.9 Å². The van der Waals surface area contributed by atoms with E-state index in [1.54, 1.807) is 0 Å². The number of alkyl halides is 3. The summed E-state index contributed by atoms with van der Waals surface area (Å²) in [6.07, 6.45) is -5.61. The van der Waals surface area contributed by atoms with Crippen molar-refractivity contribution in [3.05, 3.63) is 0 Å². The first-order valence-corrected chi connectivity index (χ1v) is 3.79. The first-order valence-electron chi connectivity index (χ1n) is 2.54. The SMILES string of the molecule is O=S([O-])CCCC(F)(F)F. The monoisotopic (exact) mass is 175 g/mol. The molecule has 1 atom stereocenters. The molecule has 6 heteroatoms. The van der Waals surface area contributed by atoms with Crippen LogP contribution in [-0.2, 0) is 11.1 Å². The van der Waals surface area contributed by atoms with E-state index in [2.05, 4.69) is 0 Å². The van der Waals surface area contributed by atoms with Gasteiger partial charge in [-0.05, 0) is 6.42 Å². The van der Waals surface area contributed by atoms with Gasteiger partial charge in [0.2, 0.25) is 0 Å². The van der Waals surface area contributed by atoms with Crippen LogP contribution < -0.4 is 0 Å². The van der Waals surface area contributed by atoms with Gasteiger partial charge in [0.15, 0.2) is 0 Å². The highest BCUT2D eigenvalue weighted by molar-refractivity contribution is 7.79. The van der Waals surface area contributed by atoms with Crippen LogP contribution in [0.15, 0.2) is 0 Å². The molecule has 10 heavy (non-hydrogen) atoms. The molecule has 0 radical (unpaired) electrons. The second-order valence-electron chi connectivity index (χ2n) is 1.73. The molecule has 0 saturated heterocycles. The van der Waals surface area contributed by atoms with E-state index in [-0.39, 0.29) is 6.42 Å². The summed E-state index contributed by atoms with van der Waals surface area (Å²) in [5.41, 5.74) is 0. The zero-order valence-corrected chi connectivity index (χ0v) is 5.80. The molecule has 0 aromatic rings. The molecular weight excluding hydrogens is 169 g/mol. The highest BCUT2D eigenvalue weighted by atomic mass is 32.2. The summed E-state index contributed by atoms with van der Waals surface area (Å²) in [6, 6.07) is 0. The van der Waals surface area contributed by atoms with Gasteiger partial charge in [-0.15, -0.1) is 0 Å². The molecule has 0 aromatic heterocycles. The molecule has 0 heterocycles. The van der Waals surface area contributed by atoms with Gasteiger partial charge in [0.05, 0.1) is 0 Å². The van der Waals surface area contributed by atoms with Crippen LogP contribution in [0.3, 0.4) is 0 Å². The van der Waals surface area contributed by atoms with Crippen molar-refractivity contribution in [2.75, 3.05) is 5.75 Å². The summed E-state index contributed by atoms with van der Waals surface area (Å²) in [6.45, 7) is 0. The van der Waals surface area contributed by atoms with Gasteiger partial charge in [0, 0.05) is 12.2 Å². The molecular formula is C4H6F3O2S-. The number of hydrogen-bond acceptors (Lipinski definition) is 2. The summed E-state index contributed by atoms with van der Waals surface area (Å²) >= 11 is -2.35. The predicted octanol–water partition coefficient (Wildman–Crippen LogP) is 1.21. The predicted molar refractivity (Wildman–Crippen MR) is 29.1 cm³/mol. The molecule has 0 rings (SSSR count). The lowest BCUT2D eigenvalue weighted by Crippen LogP contribution is -2.09. The Labute approximate surface area is 58.7 Å². The van der Waals surface area contributed by atoms with Crippen LogP contribution in [0.2, 0.25) is 0 Å². The summed E-state index contributed by atoms with van der Waals surface area (Å²) in [7, 11) is 0. The van der Waals surface area contributed by atoms with E-state index in [1.165, 1.54) is 0 Å². The van der Waals surface area contributed by atoms with E-state index >= 15 is 0 Å². The average molecular weight is 175 g/mol. The third-order valence-corrected chi connectivity index (χ3v) is 1.39. The minimum Gasteiger partial charge on any atom is -0.772 e. The van der Waals surface area contributed by atoms with Gasteiger partial charge in [0.1, 0.15) is 0 Å². The van der Waals surface area contributed by atoms with Gasteiger partial charge < -0.3 is 4.55 Å². The fourth-order valence-corrected chi connectivity index (χ4v) is 0.771. The molecule has 0 aromatic carbocycles. The highest BCUT2D eigenvalue weighted by Crippen LogP contribution is 2.20. The fourth-order valence-electron chi connectivity index (χ4n) is 0.390. The van der Waals surface area contributed by atoms with Crippen molar-refractivity contribution in [1.82, 2.24) is 0 Å². The van der Waals surface area contributed by atoms with Crippen LogP contribution in [0, 0.1) is 0 Å². The van der Waals surface area contributed by atoms with Gasteiger partial charge >= 0.3 is 6.18 Å². The Bertz CT molecular complexity index is 122. The van der Waals surface area contributed by atoms with Gasteiger partial charge in [-0.1, -0.05) is 11.1 Å². The topological polar surface area (TPSA) is 40.1 Å². The molecule has 1 unspecified atom stereocenters. The van der Waals surface area contributed by atoms with E-state index in [1.807, 2.05) is 0 Å². The second-order valence-corrected chi connectivity index (χ2v) is 2.74. The minimum absolute atomic E-state index is 0.348.